The fourth-order valence-electron chi connectivity index (χ4n) is 2.73. The Labute approximate surface area is 148 Å². The summed E-state index contributed by atoms with van der Waals surface area (Å²) < 4.78 is 5.15. The van der Waals surface area contributed by atoms with Crippen LogP contribution in [0.2, 0.25) is 0 Å². The molecule has 0 fully saturated rings. The Morgan fingerprint density at radius 3 is 2.76 bits per heavy atom. The van der Waals surface area contributed by atoms with Gasteiger partial charge in [-0.1, -0.05) is 51.3 Å². The number of ether oxygens (including phenoxy) is 1. The Hall–Kier alpha value is -2.43. The van der Waals surface area contributed by atoms with E-state index in [0.717, 1.165) is 31.1 Å². The molecular formula is C20H26N2O3. The molecule has 5 heteroatoms. The van der Waals surface area contributed by atoms with Gasteiger partial charge < -0.3 is 10.1 Å². The molecule has 0 bridgehead atoms. The highest BCUT2D eigenvalue weighted by molar-refractivity contribution is 6.03. The molecule has 0 radical (unpaired) electrons. The van der Waals surface area contributed by atoms with Gasteiger partial charge in [0.1, 0.15) is 0 Å². The van der Waals surface area contributed by atoms with Crippen molar-refractivity contribution < 1.29 is 14.3 Å². The van der Waals surface area contributed by atoms with Crippen molar-refractivity contribution in [2.45, 2.75) is 39.5 Å². The number of unbranched alkanes of at least 4 members (excludes halogenated alkanes) is 1. The Kier molecular flexibility index (Phi) is 7.38. The molecule has 1 N–H and O–H groups in total. The summed E-state index contributed by atoms with van der Waals surface area (Å²) in [5.74, 6) is -0.323. The van der Waals surface area contributed by atoms with Crippen LogP contribution in [0, 0.1) is 5.92 Å². The minimum absolute atomic E-state index is 0.267. The van der Waals surface area contributed by atoms with Crippen LogP contribution in [0.5, 0.6) is 0 Å². The normalized spacial score (nSPS) is 11.9. The van der Waals surface area contributed by atoms with E-state index in [-0.39, 0.29) is 12.5 Å². The van der Waals surface area contributed by atoms with Gasteiger partial charge in [-0.3, -0.25) is 9.78 Å². The smallest absolute Gasteiger partial charge is 0.340 e. The summed E-state index contributed by atoms with van der Waals surface area (Å²) in [7, 11) is 0. The number of pyridine rings is 1. The molecule has 1 amide bonds. The zero-order chi connectivity index (χ0) is 18.1. The fraction of sp³-hybridized carbons (Fsp3) is 0.450. The minimum atomic E-state index is -0.530. The SMILES string of the molecule is CCCC[C@@H](CC)CNC(=O)COC(=O)c1cccc2cccnc12. The first-order chi connectivity index (χ1) is 12.2. The Balaban J connectivity index is 1.85. The van der Waals surface area contributed by atoms with E-state index in [2.05, 4.69) is 24.1 Å². The molecule has 2 aromatic rings. The number of rotatable bonds is 9. The molecule has 2 rings (SSSR count). The molecule has 0 spiro atoms. The molecule has 0 saturated carbocycles. The second-order valence-corrected chi connectivity index (χ2v) is 6.18. The number of nitrogens with zero attached hydrogens (tertiary/aromatic N) is 1. The van der Waals surface area contributed by atoms with Crippen LogP contribution in [0.1, 0.15) is 49.9 Å². The van der Waals surface area contributed by atoms with E-state index in [4.69, 9.17) is 4.74 Å². The average molecular weight is 342 g/mol. The number of fused-ring (bicyclic) bond motifs is 1. The number of esters is 1. The number of benzene rings is 1. The number of carbonyl (C=O) groups is 2. The fourth-order valence-corrected chi connectivity index (χ4v) is 2.73. The number of para-hydroxylation sites is 1. The summed E-state index contributed by atoms with van der Waals surface area (Å²) in [6.45, 7) is 4.64. The maximum atomic E-state index is 12.3. The number of amides is 1. The van der Waals surface area contributed by atoms with Gasteiger partial charge in [-0.05, 0) is 24.5 Å². The first-order valence-corrected chi connectivity index (χ1v) is 8.93. The van der Waals surface area contributed by atoms with Crippen molar-refractivity contribution in [1.29, 1.82) is 0 Å². The molecule has 1 aromatic carbocycles. The summed E-state index contributed by atoms with van der Waals surface area (Å²) in [6, 6.07) is 9.02. The number of hydrogen-bond acceptors (Lipinski definition) is 4. The monoisotopic (exact) mass is 342 g/mol. The van der Waals surface area contributed by atoms with Crippen molar-refractivity contribution >= 4 is 22.8 Å². The van der Waals surface area contributed by atoms with E-state index in [9.17, 15) is 9.59 Å². The minimum Gasteiger partial charge on any atom is -0.452 e. The van der Waals surface area contributed by atoms with Crippen LogP contribution < -0.4 is 5.32 Å². The Morgan fingerprint density at radius 1 is 1.20 bits per heavy atom. The standard InChI is InChI=1S/C20H26N2O3/c1-3-5-8-15(4-2)13-22-18(23)14-25-20(24)17-11-6-9-16-10-7-12-21-19(16)17/h6-7,9-12,15H,3-5,8,13-14H2,1-2H3,(H,22,23)/t15-/m1/s1. The molecule has 0 aliphatic carbocycles. The maximum absolute atomic E-state index is 12.3. The highest BCUT2D eigenvalue weighted by atomic mass is 16.5. The molecule has 1 aromatic heterocycles. The second kappa shape index (κ2) is 9.77. The Bertz CT molecular complexity index is 710. The first-order valence-electron chi connectivity index (χ1n) is 8.93. The van der Waals surface area contributed by atoms with Gasteiger partial charge in [-0.15, -0.1) is 0 Å². The highest BCUT2D eigenvalue weighted by Gasteiger charge is 2.14. The highest BCUT2D eigenvalue weighted by Crippen LogP contribution is 2.16. The third-order valence-corrected chi connectivity index (χ3v) is 4.32. The third kappa shape index (κ3) is 5.55. The van der Waals surface area contributed by atoms with Crippen LogP contribution >= 0.6 is 0 Å². The van der Waals surface area contributed by atoms with Crippen LogP contribution in [-0.2, 0) is 9.53 Å². The number of hydrogen-bond donors (Lipinski definition) is 1. The van der Waals surface area contributed by atoms with E-state index >= 15 is 0 Å². The van der Waals surface area contributed by atoms with Gasteiger partial charge in [-0.2, -0.15) is 0 Å². The van der Waals surface area contributed by atoms with Crippen molar-refractivity contribution in [1.82, 2.24) is 10.3 Å². The van der Waals surface area contributed by atoms with Crippen molar-refractivity contribution in [3.05, 3.63) is 42.1 Å². The second-order valence-electron chi connectivity index (χ2n) is 6.18. The van der Waals surface area contributed by atoms with Gasteiger partial charge in [-0.25, -0.2) is 4.79 Å². The molecule has 25 heavy (non-hydrogen) atoms. The molecule has 0 aliphatic heterocycles. The lowest BCUT2D eigenvalue weighted by atomic mass is 9.99. The molecular weight excluding hydrogens is 316 g/mol. The summed E-state index contributed by atoms with van der Waals surface area (Å²) >= 11 is 0. The zero-order valence-corrected chi connectivity index (χ0v) is 15.0. The van der Waals surface area contributed by atoms with Gasteiger partial charge in [0.2, 0.25) is 0 Å². The zero-order valence-electron chi connectivity index (χ0n) is 15.0. The van der Waals surface area contributed by atoms with Crippen LogP contribution in [0.4, 0.5) is 0 Å². The van der Waals surface area contributed by atoms with E-state index in [0.29, 0.717) is 23.5 Å². The largest absolute Gasteiger partial charge is 0.452 e. The van der Waals surface area contributed by atoms with Crippen LogP contribution in [0.3, 0.4) is 0 Å². The molecule has 134 valence electrons. The topological polar surface area (TPSA) is 68.3 Å². The lowest BCUT2D eigenvalue weighted by molar-refractivity contribution is -0.124. The molecule has 5 nitrogen and oxygen atoms in total. The number of nitrogens with one attached hydrogen (secondary N) is 1. The quantitative estimate of drug-likeness (QED) is 0.705. The lowest BCUT2D eigenvalue weighted by Gasteiger charge is -2.15. The molecule has 1 heterocycles. The summed E-state index contributed by atoms with van der Waals surface area (Å²) in [6.07, 6.45) is 6.09. The molecule has 0 saturated heterocycles. The number of aromatic nitrogens is 1. The van der Waals surface area contributed by atoms with Crippen molar-refractivity contribution in [2.75, 3.05) is 13.2 Å². The lowest BCUT2D eigenvalue weighted by Crippen LogP contribution is -2.32. The van der Waals surface area contributed by atoms with Gasteiger partial charge >= 0.3 is 5.97 Å². The van der Waals surface area contributed by atoms with Gasteiger partial charge in [0.15, 0.2) is 6.61 Å². The third-order valence-electron chi connectivity index (χ3n) is 4.32. The van der Waals surface area contributed by atoms with Gasteiger partial charge in [0.25, 0.3) is 5.91 Å². The van der Waals surface area contributed by atoms with Gasteiger partial charge in [0, 0.05) is 18.1 Å². The molecule has 1 atom stereocenters. The van der Waals surface area contributed by atoms with Gasteiger partial charge in [0.05, 0.1) is 11.1 Å². The predicted molar refractivity (Wildman–Crippen MR) is 98.3 cm³/mol. The molecule has 0 unspecified atom stereocenters. The van der Waals surface area contributed by atoms with Crippen molar-refractivity contribution in [3.63, 3.8) is 0 Å². The predicted octanol–water partition coefficient (Wildman–Crippen LogP) is 3.72. The van der Waals surface area contributed by atoms with E-state index in [1.165, 1.54) is 0 Å². The van der Waals surface area contributed by atoms with Crippen molar-refractivity contribution in [2.24, 2.45) is 5.92 Å². The van der Waals surface area contributed by atoms with Crippen LogP contribution in [0.25, 0.3) is 10.9 Å². The van der Waals surface area contributed by atoms with E-state index < -0.39 is 5.97 Å². The van der Waals surface area contributed by atoms with E-state index in [1.807, 2.05) is 18.2 Å². The number of carbonyl (C=O) groups excluding carboxylic acids is 2. The maximum Gasteiger partial charge on any atom is 0.340 e. The Morgan fingerprint density at radius 2 is 2.00 bits per heavy atom. The summed E-state index contributed by atoms with van der Waals surface area (Å²) in [4.78, 5) is 28.4. The first kappa shape index (κ1) is 18.9. The summed E-state index contributed by atoms with van der Waals surface area (Å²) in [5.41, 5.74) is 0.960. The van der Waals surface area contributed by atoms with Crippen molar-refractivity contribution in [3.8, 4) is 0 Å². The molecule has 0 aliphatic rings. The average Bonchev–Trinajstić information content (AvgIpc) is 2.65. The summed E-state index contributed by atoms with van der Waals surface area (Å²) in [5, 5.41) is 3.72. The van der Waals surface area contributed by atoms with Crippen LogP contribution in [-0.4, -0.2) is 30.0 Å². The van der Waals surface area contributed by atoms with Crippen LogP contribution in [0.15, 0.2) is 36.5 Å². The van der Waals surface area contributed by atoms with E-state index in [1.54, 1.807) is 18.3 Å².